The van der Waals surface area contributed by atoms with Crippen molar-refractivity contribution in [2.24, 2.45) is 5.10 Å². The average Bonchev–Trinajstić information content (AvgIpc) is 2.78. The SMILES string of the molecule is Cc1ccc(N(CC(=O)N/N=C\c2cc([N+](=O)[O-])ccc2N2CCOCC2)S(C)(=O)=O)cc1. The van der Waals surface area contributed by atoms with Gasteiger partial charge in [0, 0.05) is 36.5 Å². The lowest BCUT2D eigenvalue weighted by atomic mass is 10.1. The number of morpholine rings is 1. The van der Waals surface area contributed by atoms with E-state index < -0.39 is 27.4 Å². The number of sulfonamides is 1. The zero-order valence-corrected chi connectivity index (χ0v) is 19.1. The number of nitro benzene ring substituents is 1. The van der Waals surface area contributed by atoms with Crippen molar-refractivity contribution in [3.05, 3.63) is 63.7 Å². The van der Waals surface area contributed by atoms with Crippen LogP contribution in [0, 0.1) is 17.0 Å². The second kappa shape index (κ2) is 10.4. The zero-order chi connectivity index (χ0) is 24.0. The Morgan fingerprint density at radius 2 is 1.91 bits per heavy atom. The van der Waals surface area contributed by atoms with Crippen LogP contribution in [-0.4, -0.2) is 64.6 Å². The van der Waals surface area contributed by atoms with Crippen LogP contribution in [0.4, 0.5) is 17.1 Å². The number of anilines is 2. The minimum absolute atomic E-state index is 0.109. The maximum absolute atomic E-state index is 12.4. The smallest absolute Gasteiger partial charge is 0.270 e. The summed E-state index contributed by atoms with van der Waals surface area (Å²) in [5, 5.41) is 15.1. The van der Waals surface area contributed by atoms with Crippen molar-refractivity contribution in [3.63, 3.8) is 0 Å². The molecule has 0 atom stereocenters. The van der Waals surface area contributed by atoms with Crippen molar-refractivity contribution >= 4 is 39.2 Å². The topological polar surface area (TPSA) is 134 Å². The molecule has 0 unspecified atom stereocenters. The molecular formula is C21H25N5O6S. The largest absolute Gasteiger partial charge is 0.378 e. The van der Waals surface area contributed by atoms with Crippen LogP contribution in [0.25, 0.3) is 0 Å². The van der Waals surface area contributed by atoms with E-state index in [1.54, 1.807) is 30.3 Å². The van der Waals surface area contributed by atoms with E-state index in [1.807, 2.05) is 11.8 Å². The summed E-state index contributed by atoms with van der Waals surface area (Å²) < 4.78 is 30.7. The van der Waals surface area contributed by atoms with Crippen LogP contribution in [0.3, 0.4) is 0 Å². The fraction of sp³-hybridized carbons (Fsp3) is 0.333. The molecule has 0 spiro atoms. The molecule has 3 rings (SSSR count). The molecule has 0 bridgehead atoms. The van der Waals surface area contributed by atoms with E-state index in [-0.39, 0.29) is 5.69 Å². The number of nitrogens with zero attached hydrogens (tertiary/aromatic N) is 4. The van der Waals surface area contributed by atoms with Crippen LogP contribution in [-0.2, 0) is 19.6 Å². The molecule has 1 amide bonds. The van der Waals surface area contributed by atoms with Crippen LogP contribution in [0.2, 0.25) is 0 Å². The third-order valence-corrected chi connectivity index (χ3v) is 6.12. The molecular weight excluding hydrogens is 450 g/mol. The summed E-state index contributed by atoms with van der Waals surface area (Å²) >= 11 is 0. The summed E-state index contributed by atoms with van der Waals surface area (Å²) in [5.74, 6) is -0.657. The number of nitro groups is 1. The molecule has 0 saturated carbocycles. The van der Waals surface area contributed by atoms with E-state index in [2.05, 4.69) is 10.5 Å². The maximum Gasteiger partial charge on any atom is 0.270 e. The Morgan fingerprint density at radius 3 is 2.52 bits per heavy atom. The Labute approximate surface area is 191 Å². The van der Waals surface area contributed by atoms with Gasteiger partial charge in [0.15, 0.2) is 0 Å². The second-order valence-electron chi connectivity index (χ2n) is 7.50. The lowest BCUT2D eigenvalue weighted by Crippen LogP contribution is -2.39. The van der Waals surface area contributed by atoms with E-state index in [1.165, 1.54) is 18.3 Å². The summed E-state index contributed by atoms with van der Waals surface area (Å²) in [7, 11) is -3.71. The van der Waals surface area contributed by atoms with E-state index in [9.17, 15) is 23.3 Å². The number of ether oxygens (including phenoxy) is 1. The highest BCUT2D eigenvalue weighted by molar-refractivity contribution is 7.92. The van der Waals surface area contributed by atoms with Crippen molar-refractivity contribution in [2.75, 3.05) is 48.3 Å². The van der Waals surface area contributed by atoms with Gasteiger partial charge in [-0.15, -0.1) is 0 Å². The van der Waals surface area contributed by atoms with Gasteiger partial charge in [-0.25, -0.2) is 13.8 Å². The van der Waals surface area contributed by atoms with Gasteiger partial charge in [-0.3, -0.25) is 19.2 Å². The van der Waals surface area contributed by atoms with E-state index in [4.69, 9.17) is 4.74 Å². The quantitative estimate of drug-likeness (QED) is 0.348. The first-order valence-electron chi connectivity index (χ1n) is 10.1. The monoisotopic (exact) mass is 475 g/mol. The molecule has 0 aromatic heterocycles. The molecule has 0 aliphatic carbocycles. The molecule has 1 fully saturated rings. The Morgan fingerprint density at radius 1 is 1.24 bits per heavy atom. The van der Waals surface area contributed by atoms with Crippen LogP contribution in [0.5, 0.6) is 0 Å². The lowest BCUT2D eigenvalue weighted by Gasteiger charge is -2.29. The highest BCUT2D eigenvalue weighted by Gasteiger charge is 2.21. The molecule has 2 aromatic rings. The number of hydrogen-bond acceptors (Lipinski definition) is 8. The molecule has 12 heteroatoms. The van der Waals surface area contributed by atoms with Crippen molar-refractivity contribution in [3.8, 4) is 0 Å². The predicted octanol–water partition coefficient (Wildman–Crippen LogP) is 1.66. The van der Waals surface area contributed by atoms with Gasteiger partial charge < -0.3 is 9.64 Å². The Balaban J connectivity index is 1.76. The van der Waals surface area contributed by atoms with E-state index in [0.29, 0.717) is 37.6 Å². The number of hydrazone groups is 1. The number of amides is 1. The molecule has 33 heavy (non-hydrogen) atoms. The molecule has 1 aliphatic rings. The van der Waals surface area contributed by atoms with Crippen molar-refractivity contribution in [2.45, 2.75) is 6.92 Å². The number of rotatable bonds is 8. The number of nitrogens with one attached hydrogen (secondary N) is 1. The lowest BCUT2D eigenvalue weighted by molar-refractivity contribution is -0.384. The van der Waals surface area contributed by atoms with Crippen LogP contribution in [0.15, 0.2) is 47.6 Å². The summed E-state index contributed by atoms with van der Waals surface area (Å²) in [4.78, 5) is 25.1. The van der Waals surface area contributed by atoms with Gasteiger partial charge in [-0.2, -0.15) is 5.10 Å². The first-order valence-corrected chi connectivity index (χ1v) is 12.0. The highest BCUT2D eigenvalue weighted by atomic mass is 32.2. The number of benzene rings is 2. The van der Waals surface area contributed by atoms with E-state index in [0.717, 1.165) is 21.8 Å². The number of non-ortho nitro benzene ring substituents is 1. The standard InChI is InChI=1S/C21H25N5O6S/c1-16-3-5-18(6-4-16)25(33(2,30)31)15-21(27)23-22-14-17-13-19(26(28)29)7-8-20(17)24-9-11-32-12-10-24/h3-8,13-14H,9-12,15H2,1-2H3,(H,23,27)/b22-14-. The molecule has 0 radical (unpaired) electrons. The molecule has 1 saturated heterocycles. The first-order chi connectivity index (χ1) is 15.6. The van der Waals surface area contributed by atoms with Crippen molar-refractivity contribution < 1.29 is 22.9 Å². The van der Waals surface area contributed by atoms with Crippen molar-refractivity contribution in [1.82, 2.24) is 5.43 Å². The number of carbonyl (C=O) groups excluding carboxylic acids is 1. The predicted molar refractivity (Wildman–Crippen MR) is 125 cm³/mol. The van der Waals surface area contributed by atoms with Gasteiger partial charge in [0.1, 0.15) is 6.54 Å². The zero-order valence-electron chi connectivity index (χ0n) is 18.3. The van der Waals surface area contributed by atoms with Crippen molar-refractivity contribution in [1.29, 1.82) is 0 Å². The van der Waals surface area contributed by atoms with Crippen LogP contribution in [0.1, 0.15) is 11.1 Å². The molecule has 11 nitrogen and oxygen atoms in total. The number of carbonyl (C=O) groups is 1. The van der Waals surface area contributed by atoms with Gasteiger partial charge in [-0.05, 0) is 25.1 Å². The summed E-state index contributed by atoms with van der Waals surface area (Å²) in [6.45, 7) is 3.70. The van der Waals surface area contributed by atoms with Gasteiger partial charge >= 0.3 is 0 Å². The third-order valence-electron chi connectivity index (χ3n) is 4.98. The average molecular weight is 476 g/mol. The van der Waals surface area contributed by atoms with E-state index >= 15 is 0 Å². The minimum Gasteiger partial charge on any atom is -0.378 e. The minimum atomic E-state index is -3.71. The fourth-order valence-corrected chi connectivity index (χ4v) is 4.16. The molecule has 176 valence electrons. The van der Waals surface area contributed by atoms with Crippen LogP contribution < -0.4 is 14.6 Å². The summed E-state index contributed by atoms with van der Waals surface area (Å²) in [5.41, 5.74) is 4.68. The normalized spacial score (nSPS) is 14.3. The third kappa shape index (κ3) is 6.49. The Bertz CT molecular complexity index is 1140. The second-order valence-corrected chi connectivity index (χ2v) is 9.40. The maximum atomic E-state index is 12.4. The molecule has 1 N–H and O–H groups in total. The number of hydrogen-bond donors (Lipinski definition) is 1. The molecule has 1 heterocycles. The Hall–Kier alpha value is -3.51. The first kappa shape index (κ1) is 24.1. The van der Waals surface area contributed by atoms with Gasteiger partial charge in [0.2, 0.25) is 10.0 Å². The Kier molecular flexibility index (Phi) is 7.61. The summed E-state index contributed by atoms with van der Waals surface area (Å²) in [6, 6.07) is 11.1. The fourth-order valence-electron chi connectivity index (χ4n) is 3.30. The molecule has 2 aromatic carbocycles. The van der Waals surface area contributed by atoms with Crippen LogP contribution >= 0.6 is 0 Å². The number of aryl methyl sites for hydroxylation is 1. The van der Waals surface area contributed by atoms with Gasteiger partial charge in [-0.1, -0.05) is 17.7 Å². The molecule has 1 aliphatic heterocycles. The van der Waals surface area contributed by atoms with Gasteiger partial charge in [0.05, 0.1) is 36.3 Å². The van der Waals surface area contributed by atoms with Gasteiger partial charge in [0.25, 0.3) is 11.6 Å². The summed E-state index contributed by atoms with van der Waals surface area (Å²) in [6.07, 6.45) is 2.33. The highest BCUT2D eigenvalue weighted by Crippen LogP contribution is 2.25.